The molecule has 11 heteroatoms. The lowest BCUT2D eigenvalue weighted by molar-refractivity contribution is -0.138. The summed E-state index contributed by atoms with van der Waals surface area (Å²) in [7, 11) is 1.53. The number of aryl methyl sites for hydroxylation is 1. The van der Waals surface area contributed by atoms with E-state index in [4.69, 9.17) is 4.74 Å². The molecule has 3 fully saturated rings. The van der Waals surface area contributed by atoms with Gasteiger partial charge in [-0.3, -0.25) is 19.9 Å². The van der Waals surface area contributed by atoms with Gasteiger partial charge >= 0.3 is 0 Å². The first-order chi connectivity index (χ1) is 21.8. The second-order valence-corrected chi connectivity index (χ2v) is 13.9. The highest BCUT2D eigenvalue weighted by molar-refractivity contribution is 7.18. The largest absolute Gasteiger partial charge is 0.496 e. The molecule has 9 nitrogen and oxygen atoms in total. The maximum absolute atomic E-state index is 15.0. The molecule has 45 heavy (non-hydrogen) atoms. The number of hydrogen-bond donors (Lipinski definition) is 3. The maximum Gasteiger partial charge on any atom is 0.239 e. The first-order valence-electron chi connectivity index (χ1n) is 16.3. The summed E-state index contributed by atoms with van der Waals surface area (Å²) in [6.07, 6.45) is 3.85. The van der Waals surface area contributed by atoms with Gasteiger partial charge in [-0.1, -0.05) is 12.1 Å². The number of hydrazine groups is 1. The molecule has 242 valence electrons. The van der Waals surface area contributed by atoms with E-state index in [0.717, 1.165) is 29.8 Å². The molecule has 3 N–H and O–H groups in total. The lowest BCUT2D eigenvalue weighted by atomic mass is 9.74. The van der Waals surface area contributed by atoms with Crippen molar-refractivity contribution < 1.29 is 18.7 Å². The monoisotopic (exact) mass is 636 g/mol. The van der Waals surface area contributed by atoms with Gasteiger partial charge in [-0.05, 0) is 88.6 Å². The van der Waals surface area contributed by atoms with Crippen LogP contribution in [0, 0.1) is 24.6 Å². The van der Waals surface area contributed by atoms with E-state index in [2.05, 4.69) is 39.4 Å². The third kappa shape index (κ3) is 6.58. The van der Waals surface area contributed by atoms with Gasteiger partial charge in [-0.2, -0.15) is 0 Å². The SMILES string of the molecule is CCN(CC)C(=O)[C@@H]1CC[C@@H](NC(=O)C2CCC3NNC(c4ccc5nc(C)sc5c4)C3C2)CN1Cc1c(F)cccc1OC. The number of rotatable bonds is 9. The summed E-state index contributed by atoms with van der Waals surface area (Å²) in [6.45, 7) is 7.93. The molecule has 3 aromatic rings. The number of nitrogens with one attached hydrogen (secondary N) is 3. The minimum Gasteiger partial charge on any atom is -0.496 e. The molecule has 1 aromatic heterocycles. The number of piperidine rings is 1. The van der Waals surface area contributed by atoms with Crippen LogP contribution in [0.25, 0.3) is 10.2 Å². The summed E-state index contributed by atoms with van der Waals surface area (Å²) >= 11 is 1.71. The summed E-state index contributed by atoms with van der Waals surface area (Å²) in [5.41, 5.74) is 9.71. The number of ether oxygens (including phenoxy) is 1. The number of fused-ring (bicyclic) bond motifs is 2. The Morgan fingerprint density at radius 2 is 1.96 bits per heavy atom. The second kappa shape index (κ2) is 13.7. The van der Waals surface area contributed by atoms with E-state index in [1.807, 2.05) is 30.6 Å². The number of aromatic nitrogens is 1. The Morgan fingerprint density at radius 3 is 2.73 bits per heavy atom. The number of hydrogen-bond acceptors (Lipinski definition) is 8. The minimum absolute atomic E-state index is 0.0531. The number of carbonyl (C=O) groups is 2. The van der Waals surface area contributed by atoms with Gasteiger partial charge in [0.05, 0.1) is 34.4 Å². The fraction of sp³-hybridized carbons (Fsp3) is 0.559. The van der Waals surface area contributed by atoms with Crippen molar-refractivity contribution >= 4 is 33.4 Å². The van der Waals surface area contributed by atoms with Gasteiger partial charge in [-0.25, -0.2) is 14.8 Å². The van der Waals surface area contributed by atoms with Gasteiger partial charge in [0.15, 0.2) is 0 Å². The molecule has 3 heterocycles. The Labute approximate surface area is 268 Å². The van der Waals surface area contributed by atoms with Gasteiger partial charge < -0.3 is 15.0 Å². The van der Waals surface area contributed by atoms with Crippen LogP contribution in [-0.2, 0) is 16.1 Å². The number of methoxy groups -OCH3 is 1. The molecule has 2 amide bonds. The molecule has 0 radical (unpaired) electrons. The molecule has 0 bridgehead atoms. The number of nitrogens with zero attached hydrogens (tertiary/aromatic N) is 3. The Morgan fingerprint density at radius 1 is 1.13 bits per heavy atom. The van der Waals surface area contributed by atoms with Crippen LogP contribution < -0.4 is 20.9 Å². The molecular weight excluding hydrogens is 591 g/mol. The van der Waals surface area contributed by atoms with E-state index in [9.17, 15) is 9.59 Å². The molecule has 6 rings (SSSR count). The van der Waals surface area contributed by atoms with E-state index in [1.165, 1.54) is 23.4 Å². The lowest BCUT2D eigenvalue weighted by Crippen LogP contribution is -2.57. The van der Waals surface area contributed by atoms with Gasteiger partial charge in [0.25, 0.3) is 0 Å². The van der Waals surface area contributed by atoms with E-state index in [0.29, 0.717) is 55.7 Å². The molecule has 1 aliphatic carbocycles. The van der Waals surface area contributed by atoms with Gasteiger partial charge in [-0.15, -0.1) is 11.3 Å². The van der Waals surface area contributed by atoms with Crippen LogP contribution in [0.5, 0.6) is 5.75 Å². The maximum atomic E-state index is 15.0. The Balaban J connectivity index is 1.15. The van der Waals surface area contributed by atoms with E-state index in [-0.39, 0.29) is 48.2 Å². The average Bonchev–Trinajstić information content (AvgIpc) is 3.64. The van der Waals surface area contributed by atoms with Crippen LogP contribution in [0.3, 0.4) is 0 Å². The van der Waals surface area contributed by atoms with Crippen molar-refractivity contribution in [3.63, 3.8) is 0 Å². The number of likely N-dealkylation sites (tertiary alicyclic amines) is 1. The first-order valence-corrected chi connectivity index (χ1v) is 17.1. The third-order valence-electron chi connectivity index (χ3n) is 10.0. The molecule has 3 aliphatic rings. The topological polar surface area (TPSA) is 98.8 Å². The van der Waals surface area contributed by atoms with E-state index >= 15 is 4.39 Å². The smallest absolute Gasteiger partial charge is 0.239 e. The second-order valence-electron chi connectivity index (χ2n) is 12.7. The highest BCUT2D eigenvalue weighted by Gasteiger charge is 2.44. The summed E-state index contributed by atoms with van der Waals surface area (Å²) in [5, 5.41) is 4.41. The number of likely N-dealkylation sites (N-methyl/N-ethyl adjacent to an activating group) is 1. The fourth-order valence-electron chi connectivity index (χ4n) is 7.64. The van der Waals surface area contributed by atoms with Gasteiger partial charge in [0.1, 0.15) is 11.6 Å². The van der Waals surface area contributed by atoms with Crippen molar-refractivity contribution in [3.8, 4) is 5.75 Å². The molecule has 2 aromatic carbocycles. The van der Waals surface area contributed by atoms with Crippen LogP contribution in [0.2, 0.25) is 0 Å². The van der Waals surface area contributed by atoms with Crippen LogP contribution in [0.1, 0.15) is 68.1 Å². The summed E-state index contributed by atoms with van der Waals surface area (Å²) in [4.78, 5) is 35.8. The van der Waals surface area contributed by atoms with Crippen LogP contribution in [0.15, 0.2) is 36.4 Å². The Kier molecular flexibility index (Phi) is 9.70. The summed E-state index contributed by atoms with van der Waals surface area (Å²) < 4.78 is 21.7. The lowest BCUT2D eigenvalue weighted by Gasteiger charge is -2.41. The van der Waals surface area contributed by atoms with Crippen molar-refractivity contribution in [2.45, 2.75) is 83.6 Å². The first kappa shape index (κ1) is 31.8. The standard InChI is InChI=1S/C34H45FN6O3S/c1-5-40(6-2)34(43)29-15-12-23(18-41(29)19-25-26(35)8-7-9-30(25)44-4)37-33(42)22-11-13-27-24(16-22)32(39-38-27)21-10-14-28-31(17-21)45-20(3)36-28/h7-10,14,17,22-24,27,29,32,38-39H,5-6,11-13,15-16,18-19H2,1-4H3,(H,37,42)/t22?,23-,24?,27?,29+,32?/m1/s1. The highest BCUT2D eigenvalue weighted by atomic mass is 32.1. The quantitative estimate of drug-likeness (QED) is 0.313. The molecule has 2 aliphatic heterocycles. The zero-order valence-corrected chi connectivity index (χ0v) is 27.5. The van der Waals surface area contributed by atoms with Crippen molar-refractivity contribution in [1.82, 2.24) is 31.0 Å². The minimum atomic E-state index is -0.381. The number of halogens is 1. The van der Waals surface area contributed by atoms with Gasteiger partial charge in [0.2, 0.25) is 11.8 Å². The zero-order chi connectivity index (χ0) is 31.7. The van der Waals surface area contributed by atoms with Crippen LogP contribution in [-0.4, -0.2) is 71.5 Å². The predicted octanol–water partition coefficient (Wildman–Crippen LogP) is 4.70. The normalized spacial score (nSPS) is 26.9. The number of thiazole rings is 1. The Bertz CT molecular complexity index is 1530. The predicted molar refractivity (Wildman–Crippen MR) is 174 cm³/mol. The number of amides is 2. The van der Waals surface area contributed by atoms with E-state index in [1.54, 1.807) is 23.5 Å². The van der Waals surface area contributed by atoms with Crippen LogP contribution in [0.4, 0.5) is 4.39 Å². The molecular formula is C34H45FN6O3S. The van der Waals surface area contributed by atoms with E-state index < -0.39 is 0 Å². The molecule has 1 saturated carbocycles. The summed E-state index contributed by atoms with van der Waals surface area (Å²) in [5.74, 6) is 0.453. The van der Waals surface area contributed by atoms with Gasteiger partial charge in [0, 0.05) is 49.7 Å². The number of carbonyl (C=O) groups excluding carboxylic acids is 2. The molecule has 2 saturated heterocycles. The van der Waals surface area contributed by atoms with Crippen LogP contribution >= 0.6 is 11.3 Å². The summed E-state index contributed by atoms with van der Waals surface area (Å²) in [6, 6.07) is 11.2. The fourth-order valence-corrected chi connectivity index (χ4v) is 8.52. The van der Waals surface area contributed by atoms with Crippen molar-refractivity contribution in [3.05, 3.63) is 58.3 Å². The van der Waals surface area contributed by atoms with Crippen molar-refractivity contribution in [2.75, 3.05) is 26.7 Å². The molecule has 0 spiro atoms. The number of benzene rings is 2. The highest BCUT2D eigenvalue weighted by Crippen LogP contribution is 2.41. The zero-order valence-electron chi connectivity index (χ0n) is 26.6. The molecule has 6 atom stereocenters. The van der Waals surface area contributed by atoms with Crippen molar-refractivity contribution in [2.24, 2.45) is 11.8 Å². The average molecular weight is 637 g/mol. The third-order valence-corrected chi connectivity index (χ3v) is 11.0. The van der Waals surface area contributed by atoms with Crippen molar-refractivity contribution in [1.29, 1.82) is 0 Å². The molecule has 4 unspecified atom stereocenters. The Hall–Kier alpha value is -3.12.